The van der Waals surface area contributed by atoms with Gasteiger partial charge in [0.1, 0.15) is 5.82 Å². The molecule has 3 aromatic rings. The van der Waals surface area contributed by atoms with Gasteiger partial charge in [-0.3, -0.25) is 4.79 Å². The van der Waals surface area contributed by atoms with Gasteiger partial charge in [0.05, 0.1) is 29.4 Å². The summed E-state index contributed by atoms with van der Waals surface area (Å²) in [5.41, 5.74) is 0.508. The lowest BCUT2D eigenvalue weighted by molar-refractivity contribution is 0.136. The van der Waals surface area contributed by atoms with Gasteiger partial charge < -0.3 is 19.5 Å². The Morgan fingerprint density at radius 2 is 1.97 bits per heavy atom. The molecular weight excluding hydrogens is 425 g/mol. The number of aliphatic hydroxyl groups excluding tert-OH is 1. The van der Waals surface area contributed by atoms with Gasteiger partial charge in [0.25, 0.3) is 0 Å². The van der Waals surface area contributed by atoms with Crippen molar-refractivity contribution in [2.24, 2.45) is 5.41 Å². The number of carboxylic acid groups (broad SMARTS) is 1. The summed E-state index contributed by atoms with van der Waals surface area (Å²) in [6.45, 7) is 5.53. The van der Waals surface area contributed by atoms with Crippen LogP contribution in [-0.2, 0) is 6.42 Å². The van der Waals surface area contributed by atoms with E-state index in [4.69, 9.17) is 21.4 Å². The van der Waals surface area contributed by atoms with Crippen LogP contribution in [-0.4, -0.2) is 27.5 Å². The van der Waals surface area contributed by atoms with Gasteiger partial charge in [-0.1, -0.05) is 50.6 Å². The molecule has 3 rings (SSSR count). The van der Waals surface area contributed by atoms with Crippen LogP contribution in [0.2, 0.25) is 5.02 Å². The summed E-state index contributed by atoms with van der Waals surface area (Å²) in [7, 11) is 0. The maximum absolute atomic E-state index is 14.3. The Bertz CT molecular complexity index is 1200. The van der Waals surface area contributed by atoms with Crippen LogP contribution in [0, 0.1) is 11.2 Å². The van der Waals surface area contributed by atoms with Crippen molar-refractivity contribution < 1.29 is 24.1 Å². The Labute approximate surface area is 183 Å². The van der Waals surface area contributed by atoms with Gasteiger partial charge in [-0.2, -0.15) is 0 Å². The molecule has 0 saturated heterocycles. The lowest BCUT2D eigenvalue weighted by Gasteiger charge is -2.32. The maximum Gasteiger partial charge on any atom is 0.511 e. The fourth-order valence-electron chi connectivity index (χ4n) is 3.60. The molecule has 2 aromatic carbocycles. The monoisotopic (exact) mass is 447 g/mol. The highest BCUT2D eigenvalue weighted by Crippen LogP contribution is 2.33. The first kappa shape index (κ1) is 22.8. The predicted molar refractivity (Wildman–Crippen MR) is 117 cm³/mol. The number of halogens is 2. The molecule has 0 unspecified atom stereocenters. The van der Waals surface area contributed by atoms with Gasteiger partial charge in [0.2, 0.25) is 5.43 Å². The van der Waals surface area contributed by atoms with Gasteiger partial charge in [-0.05, 0) is 34.7 Å². The van der Waals surface area contributed by atoms with E-state index in [2.05, 4.69) is 0 Å². The number of hydrogen-bond acceptors (Lipinski definition) is 4. The van der Waals surface area contributed by atoms with Crippen LogP contribution >= 0.6 is 11.6 Å². The van der Waals surface area contributed by atoms with E-state index in [0.717, 1.165) is 0 Å². The van der Waals surface area contributed by atoms with Crippen LogP contribution in [0.4, 0.5) is 9.18 Å². The van der Waals surface area contributed by atoms with E-state index in [-0.39, 0.29) is 29.2 Å². The molecule has 0 spiro atoms. The molecule has 0 aliphatic rings. The number of aliphatic hydroxyl groups is 1. The molecule has 0 amide bonds. The zero-order chi connectivity index (χ0) is 22.9. The van der Waals surface area contributed by atoms with Crippen molar-refractivity contribution in [2.75, 3.05) is 6.61 Å². The van der Waals surface area contributed by atoms with Crippen LogP contribution in [0.5, 0.6) is 5.75 Å². The molecule has 1 heterocycles. The third-order valence-corrected chi connectivity index (χ3v) is 5.49. The normalized spacial score (nSPS) is 12.7. The van der Waals surface area contributed by atoms with Crippen LogP contribution in [0.25, 0.3) is 10.9 Å². The number of pyridine rings is 1. The van der Waals surface area contributed by atoms with Crippen molar-refractivity contribution in [3.05, 3.63) is 74.8 Å². The van der Waals surface area contributed by atoms with Crippen LogP contribution in [0.3, 0.4) is 0 Å². The lowest BCUT2D eigenvalue weighted by Crippen LogP contribution is -2.29. The fraction of sp³-hybridized carbons (Fsp3) is 0.304. The largest absolute Gasteiger partial charge is 0.511 e. The smallest absolute Gasteiger partial charge is 0.449 e. The van der Waals surface area contributed by atoms with E-state index in [1.54, 1.807) is 34.9 Å². The van der Waals surface area contributed by atoms with Crippen molar-refractivity contribution in [2.45, 2.75) is 33.2 Å². The fourth-order valence-corrected chi connectivity index (χ4v) is 3.79. The maximum atomic E-state index is 14.3. The number of nitrogens with zero attached hydrogens (tertiary/aromatic N) is 1. The van der Waals surface area contributed by atoms with E-state index in [9.17, 15) is 19.1 Å². The summed E-state index contributed by atoms with van der Waals surface area (Å²) >= 11 is 5.86. The van der Waals surface area contributed by atoms with E-state index in [0.29, 0.717) is 16.6 Å². The number of benzene rings is 2. The average Bonchev–Trinajstić information content (AvgIpc) is 2.68. The van der Waals surface area contributed by atoms with Crippen LogP contribution < -0.4 is 10.2 Å². The number of hydrogen-bond donors (Lipinski definition) is 2. The zero-order valence-electron chi connectivity index (χ0n) is 17.4. The van der Waals surface area contributed by atoms with Crippen molar-refractivity contribution in [3.63, 3.8) is 0 Å². The standard InChI is InChI=1S/C23H23ClFNO5/c1-23(2,3)19(12-27)26-11-18(31-22(29)30)21(28)15-10-13(7-8-17(15)26)9-14-5-4-6-16(24)20(14)25/h4-8,10-11,19,27H,9,12H2,1-3H3,(H,29,30)/t19-/m1/s1. The lowest BCUT2D eigenvalue weighted by atomic mass is 9.86. The molecule has 0 bridgehead atoms. The molecule has 0 saturated carbocycles. The van der Waals surface area contributed by atoms with Gasteiger partial charge in [0, 0.05) is 11.8 Å². The van der Waals surface area contributed by atoms with E-state index >= 15 is 0 Å². The topological polar surface area (TPSA) is 88.8 Å². The number of fused-ring (bicyclic) bond motifs is 1. The first-order chi connectivity index (χ1) is 14.5. The van der Waals surface area contributed by atoms with Crippen molar-refractivity contribution >= 4 is 28.7 Å². The molecule has 31 heavy (non-hydrogen) atoms. The van der Waals surface area contributed by atoms with E-state index < -0.39 is 28.9 Å². The van der Waals surface area contributed by atoms with Crippen molar-refractivity contribution in [1.82, 2.24) is 4.57 Å². The molecular formula is C23H23ClFNO5. The number of aromatic nitrogens is 1. The molecule has 1 aromatic heterocycles. The first-order valence-electron chi connectivity index (χ1n) is 9.65. The molecule has 6 nitrogen and oxygen atoms in total. The summed E-state index contributed by atoms with van der Waals surface area (Å²) in [4.78, 5) is 24.1. The summed E-state index contributed by atoms with van der Waals surface area (Å²) in [6, 6.07) is 9.29. The number of rotatable bonds is 5. The minimum absolute atomic E-state index is 0.00811. The van der Waals surface area contributed by atoms with E-state index in [1.165, 1.54) is 12.3 Å². The molecule has 0 radical (unpaired) electrons. The second-order valence-electron chi connectivity index (χ2n) is 8.40. The van der Waals surface area contributed by atoms with Crippen LogP contribution in [0.1, 0.15) is 37.9 Å². The third kappa shape index (κ3) is 4.73. The zero-order valence-corrected chi connectivity index (χ0v) is 18.1. The molecule has 2 N–H and O–H groups in total. The summed E-state index contributed by atoms with van der Waals surface area (Å²) < 4.78 is 20.7. The predicted octanol–water partition coefficient (Wildman–Crippen LogP) is 5.02. The summed E-state index contributed by atoms with van der Waals surface area (Å²) in [5, 5.41) is 19.3. The van der Waals surface area contributed by atoms with E-state index in [1.807, 2.05) is 20.8 Å². The number of carbonyl (C=O) groups is 1. The van der Waals surface area contributed by atoms with Gasteiger partial charge in [-0.25, -0.2) is 9.18 Å². The Morgan fingerprint density at radius 1 is 1.26 bits per heavy atom. The molecule has 0 fully saturated rings. The van der Waals surface area contributed by atoms with Crippen molar-refractivity contribution in [1.29, 1.82) is 0 Å². The van der Waals surface area contributed by atoms with Crippen LogP contribution in [0.15, 0.2) is 47.4 Å². The Balaban J connectivity index is 2.22. The Hall–Kier alpha value is -2.90. The molecule has 0 aliphatic carbocycles. The first-order valence-corrected chi connectivity index (χ1v) is 10.0. The molecule has 8 heteroatoms. The Kier molecular flexibility index (Phi) is 6.38. The molecule has 164 valence electrons. The highest BCUT2D eigenvalue weighted by Gasteiger charge is 2.28. The molecule has 0 aliphatic heterocycles. The highest BCUT2D eigenvalue weighted by atomic mass is 35.5. The summed E-state index contributed by atoms with van der Waals surface area (Å²) in [5.74, 6) is -0.897. The summed E-state index contributed by atoms with van der Waals surface area (Å²) in [6.07, 6.45) is -0.119. The third-order valence-electron chi connectivity index (χ3n) is 5.20. The SMILES string of the molecule is CC(C)(C)[C@@H](CO)n1cc(OC(=O)O)c(=O)c2cc(Cc3cccc(Cl)c3F)ccc21. The number of ether oxygens (including phenoxy) is 1. The minimum Gasteiger partial charge on any atom is -0.449 e. The molecule has 1 atom stereocenters. The quantitative estimate of drug-likeness (QED) is 0.536. The van der Waals surface area contributed by atoms with Crippen molar-refractivity contribution in [3.8, 4) is 5.75 Å². The van der Waals surface area contributed by atoms with Gasteiger partial charge in [-0.15, -0.1) is 0 Å². The minimum atomic E-state index is -1.61. The van der Waals surface area contributed by atoms with Gasteiger partial charge in [0.15, 0.2) is 5.75 Å². The second-order valence-corrected chi connectivity index (χ2v) is 8.81. The second kappa shape index (κ2) is 8.69. The Morgan fingerprint density at radius 3 is 2.58 bits per heavy atom. The average molecular weight is 448 g/mol. The van der Waals surface area contributed by atoms with Gasteiger partial charge >= 0.3 is 6.16 Å². The highest BCUT2D eigenvalue weighted by molar-refractivity contribution is 6.30.